The van der Waals surface area contributed by atoms with Crippen molar-refractivity contribution in [2.45, 2.75) is 24.3 Å². The minimum absolute atomic E-state index is 0.0673. The third-order valence-corrected chi connectivity index (χ3v) is 6.54. The maximum Gasteiger partial charge on any atom is 0.246 e. The number of rotatable bonds is 6. The quantitative estimate of drug-likeness (QED) is 0.712. The van der Waals surface area contributed by atoms with Crippen molar-refractivity contribution in [2.75, 3.05) is 39.8 Å². The lowest BCUT2D eigenvalue weighted by atomic mass is 10.2. The van der Waals surface area contributed by atoms with E-state index in [1.54, 1.807) is 14.0 Å². The fourth-order valence-corrected chi connectivity index (χ4v) is 4.45. The highest BCUT2D eigenvalue weighted by Crippen LogP contribution is 2.22. The van der Waals surface area contributed by atoms with Crippen LogP contribution in [0.4, 0.5) is 8.78 Å². The van der Waals surface area contributed by atoms with E-state index in [0.29, 0.717) is 12.6 Å². The van der Waals surface area contributed by atoms with E-state index in [0.717, 1.165) is 16.4 Å². The molecule has 10 heteroatoms. The summed E-state index contributed by atoms with van der Waals surface area (Å²) in [5, 5.41) is 8.61. The summed E-state index contributed by atoms with van der Waals surface area (Å²) in [7, 11) is -2.54. The number of nitriles is 1. The Morgan fingerprint density at radius 2 is 1.93 bits per heavy atom. The number of amides is 1. The van der Waals surface area contributed by atoms with Gasteiger partial charge in [-0.1, -0.05) is 0 Å². The predicted octanol–water partition coefficient (Wildman–Crippen LogP) is 1.03. The predicted molar refractivity (Wildman–Crippen MR) is 94.0 cm³/mol. The van der Waals surface area contributed by atoms with Gasteiger partial charge in [-0.25, -0.2) is 17.2 Å². The molecule has 0 spiro atoms. The van der Waals surface area contributed by atoms with Crippen molar-refractivity contribution in [3.8, 4) is 6.07 Å². The van der Waals surface area contributed by atoms with Crippen molar-refractivity contribution in [3.05, 3.63) is 29.8 Å². The topological polar surface area (TPSA) is 84.7 Å². The van der Waals surface area contributed by atoms with Gasteiger partial charge in [0.1, 0.15) is 16.5 Å². The van der Waals surface area contributed by atoms with E-state index in [1.807, 2.05) is 11.0 Å². The van der Waals surface area contributed by atoms with E-state index in [4.69, 9.17) is 5.26 Å². The third-order valence-electron chi connectivity index (χ3n) is 4.62. The minimum Gasteiger partial charge on any atom is -0.343 e. The maximum atomic E-state index is 13.9. The van der Waals surface area contributed by atoms with E-state index in [1.165, 1.54) is 4.90 Å². The fourth-order valence-electron chi connectivity index (χ4n) is 2.95. The van der Waals surface area contributed by atoms with Crippen LogP contribution in [0.5, 0.6) is 0 Å². The minimum atomic E-state index is -4.15. The Balaban J connectivity index is 2.03. The molecule has 1 aromatic rings. The average molecular weight is 400 g/mol. The maximum absolute atomic E-state index is 13.9. The molecule has 1 heterocycles. The molecule has 27 heavy (non-hydrogen) atoms. The van der Waals surface area contributed by atoms with Crippen LogP contribution in [0.25, 0.3) is 0 Å². The first-order chi connectivity index (χ1) is 12.7. The molecule has 7 nitrogen and oxygen atoms in total. The van der Waals surface area contributed by atoms with Crippen LogP contribution in [0.15, 0.2) is 23.1 Å². The number of sulfonamides is 1. The first-order valence-corrected chi connectivity index (χ1v) is 9.93. The highest BCUT2D eigenvalue weighted by Gasteiger charge is 2.34. The molecule has 0 N–H and O–H groups in total. The molecule has 1 amide bonds. The highest BCUT2D eigenvalue weighted by atomic mass is 32.2. The number of carbonyl (C=O) groups excluding carboxylic acids is 1. The van der Waals surface area contributed by atoms with Crippen LogP contribution in [0, 0.1) is 23.0 Å². The summed E-state index contributed by atoms with van der Waals surface area (Å²) in [4.78, 5) is 15.0. The molecule has 1 aromatic carbocycles. The van der Waals surface area contributed by atoms with Gasteiger partial charge in [-0.05, 0) is 25.1 Å². The number of hydrogen-bond donors (Lipinski definition) is 0. The fraction of sp³-hybridized carbons (Fsp3) is 0.529. The molecule has 1 saturated heterocycles. The Hall–Kier alpha value is -2.09. The second-order valence-electron chi connectivity index (χ2n) is 6.36. The average Bonchev–Trinajstić information content (AvgIpc) is 2.66. The zero-order valence-electron chi connectivity index (χ0n) is 15.2. The second kappa shape index (κ2) is 8.73. The van der Waals surface area contributed by atoms with Gasteiger partial charge in [0.15, 0.2) is 0 Å². The van der Waals surface area contributed by atoms with Gasteiger partial charge >= 0.3 is 0 Å². The van der Waals surface area contributed by atoms with Gasteiger partial charge in [-0.3, -0.25) is 9.69 Å². The number of hydrogen-bond acceptors (Lipinski definition) is 5. The van der Waals surface area contributed by atoms with E-state index < -0.39 is 32.6 Å². The molecule has 0 radical (unpaired) electrons. The Bertz CT molecular complexity index is 833. The van der Waals surface area contributed by atoms with Gasteiger partial charge in [0.2, 0.25) is 15.9 Å². The van der Waals surface area contributed by atoms with Gasteiger partial charge < -0.3 is 4.90 Å². The van der Waals surface area contributed by atoms with Gasteiger partial charge in [-0.15, -0.1) is 0 Å². The van der Waals surface area contributed by atoms with Crippen LogP contribution in [-0.2, 0) is 14.8 Å². The number of halogens is 2. The molecule has 1 aliphatic heterocycles. The lowest BCUT2D eigenvalue weighted by molar-refractivity contribution is -0.135. The molecule has 0 aromatic heterocycles. The first kappa shape index (κ1) is 21.2. The van der Waals surface area contributed by atoms with Crippen molar-refractivity contribution in [3.63, 3.8) is 0 Å². The molecule has 1 fully saturated rings. The summed E-state index contributed by atoms with van der Waals surface area (Å²) in [5.41, 5.74) is 0. The molecular formula is C17H22F2N4O3S. The van der Waals surface area contributed by atoms with Crippen molar-refractivity contribution in [2.24, 2.45) is 0 Å². The largest absolute Gasteiger partial charge is 0.343 e. The number of piperazine rings is 1. The molecule has 1 unspecified atom stereocenters. The lowest BCUT2D eigenvalue weighted by Gasteiger charge is -2.37. The Morgan fingerprint density at radius 3 is 2.52 bits per heavy atom. The monoisotopic (exact) mass is 400 g/mol. The van der Waals surface area contributed by atoms with Crippen LogP contribution in [0.2, 0.25) is 0 Å². The summed E-state index contributed by atoms with van der Waals surface area (Å²) >= 11 is 0. The van der Waals surface area contributed by atoms with Crippen molar-refractivity contribution in [1.29, 1.82) is 5.26 Å². The van der Waals surface area contributed by atoms with Crippen LogP contribution < -0.4 is 0 Å². The van der Waals surface area contributed by atoms with E-state index in [2.05, 4.69) is 0 Å². The number of likely N-dealkylation sites (N-methyl/N-ethyl adjacent to an activating group) is 1. The molecule has 0 saturated carbocycles. The summed E-state index contributed by atoms with van der Waals surface area (Å²) < 4.78 is 53.5. The lowest BCUT2D eigenvalue weighted by Crippen LogP contribution is -2.55. The van der Waals surface area contributed by atoms with Crippen LogP contribution in [0.3, 0.4) is 0 Å². The summed E-state index contributed by atoms with van der Waals surface area (Å²) in [6.45, 7) is 2.76. The Kier molecular flexibility index (Phi) is 6.86. The normalized spacial score (nSPS) is 17.3. The van der Waals surface area contributed by atoms with Gasteiger partial charge in [0.25, 0.3) is 0 Å². The van der Waals surface area contributed by atoms with Crippen molar-refractivity contribution < 1.29 is 22.0 Å². The highest BCUT2D eigenvalue weighted by molar-refractivity contribution is 7.89. The molecule has 0 aliphatic carbocycles. The molecule has 1 atom stereocenters. The molecular weight excluding hydrogens is 378 g/mol. The molecule has 148 valence electrons. The van der Waals surface area contributed by atoms with Crippen LogP contribution in [0.1, 0.15) is 13.3 Å². The third kappa shape index (κ3) is 4.80. The molecule has 2 rings (SSSR count). The van der Waals surface area contributed by atoms with E-state index >= 15 is 0 Å². The van der Waals surface area contributed by atoms with E-state index in [9.17, 15) is 22.0 Å². The summed E-state index contributed by atoms with van der Waals surface area (Å²) in [6.07, 6.45) is 0.236. The van der Waals surface area contributed by atoms with Crippen molar-refractivity contribution >= 4 is 15.9 Å². The zero-order valence-corrected chi connectivity index (χ0v) is 16.0. The SMILES string of the molecule is CC(C(=O)N(C)CCC#N)N1CCN(S(=O)(=O)c2cc(F)ccc2F)CC1. The number of carbonyl (C=O) groups is 1. The van der Waals surface area contributed by atoms with E-state index in [-0.39, 0.29) is 38.5 Å². The van der Waals surface area contributed by atoms with Gasteiger partial charge in [0, 0.05) is 39.8 Å². The second-order valence-corrected chi connectivity index (χ2v) is 8.27. The zero-order chi connectivity index (χ0) is 20.2. The van der Waals surface area contributed by atoms with Crippen molar-refractivity contribution in [1.82, 2.24) is 14.1 Å². The van der Waals surface area contributed by atoms with Gasteiger partial charge in [-0.2, -0.15) is 9.57 Å². The van der Waals surface area contributed by atoms with Crippen LogP contribution in [-0.4, -0.2) is 74.2 Å². The van der Waals surface area contributed by atoms with Gasteiger partial charge in [0.05, 0.1) is 18.5 Å². The van der Waals surface area contributed by atoms with Crippen LogP contribution >= 0.6 is 0 Å². The Labute approximate surface area is 157 Å². The number of benzene rings is 1. The Morgan fingerprint density at radius 1 is 1.30 bits per heavy atom. The number of nitrogens with zero attached hydrogens (tertiary/aromatic N) is 4. The smallest absolute Gasteiger partial charge is 0.246 e. The molecule has 0 bridgehead atoms. The molecule has 1 aliphatic rings. The summed E-state index contributed by atoms with van der Waals surface area (Å²) in [6, 6.07) is 3.84. The standard InChI is InChI=1S/C17H22F2N4O3S/c1-13(17(24)21(2)7-3-6-20)22-8-10-23(11-9-22)27(25,26)16-12-14(18)4-5-15(16)19/h4-5,12-13H,3,7-11H2,1-2H3. The first-order valence-electron chi connectivity index (χ1n) is 8.49. The summed E-state index contributed by atoms with van der Waals surface area (Å²) in [5.74, 6) is -1.98.